The molecule has 3 aromatic rings. The van der Waals surface area contributed by atoms with E-state index >= 15 is 0 Å². The van der Waals surface area contributed by atoms with E-state index in [2.05, 4.69) is 0 Å². The summed E-state index contributed by atoms with van der Waals surface area (Å²) >= 11 is 0. The number of carboxylic acids is 1. The number of benzene rings is 2. The second kappa shape index (κ2) is 6.40. The molecule has 0 amide bonds. The van der Waals surface area contributed by atoms with E-state index in [0.717, 1.165) is 11.1 Å². The quantitative estimate of drug-likeness (QED) is 0.726. The highest BCUT2D eigenvalue weighted by molar-refractivity contribution is 5.82. The topological polar surface area (TPSA) is 62.5 Å². The Hall–Kier alpha value is -3.01. The number of carbonyl (C=O) groups excluding carboxylic acids is 1. The van der Waals surface area contributed by atoms with Crippen LogP contribution < -0.4 is 9.84 Å². The Morgan fingerprint density at radius 2 is 1.70 bits per heavy atom. The Morgan fingerprint density at radius 3 is 2.30 bits per heavy atom. The normalized spacial score (nSPS) is 10.5. The van der Waals surface area contributed by atoms with Gasteiger partial charge in [0.2, 0.25) is 0 Å². The van der Waals surface area contributed by atoms with Crippen LogP contribution in [0.3, 0.4) is 0 Å². The van der Waals surface area contributed by atoms with Crippen LogP contribution in [0, 0.1) is 6.92 Å². The molecule has 0 saturated heterocycles. The summed E-state index contributed by atoms with van der Waals surface area (Å²) in [6.45, 7) is 1.94. The molecular formula is C19H15O4-. The summed E-state index contributed by atoms with van der Waals surface area (Å²) in [5, 5.41) is 10.8. The van der Waals surface area contributed by atoms with Gasteiger partial charge >= 0.3 is 0 Å². The van der Waals surface area contributed by atoms with Crippen molar-refractivity contribution >= 4 is 5.97 Å². The maximum absolute atomic E-state index is 10.8. The lowest BCUT2D eigenvalue weighted by Gasteiger charge is -2.07. The number of carboxylic acid groups (broad SMARTS) is 1. The zero-order chi connectivity index (χ0) is 16.2. The van der Waals surface area contributed by atoms with Gasteiger partial charge in [-0.3, -0.25) is 0 Å². The molecule has 23 heavy (non-hydrogen) atoms. The summed E-state index contributed by atoms with van der Waals surface area (Å²) in [7, 11) is 0. The minimum atomic E-state index is -1.33. The molecule has 4 nitrogen and oxygen atoms in total. The molecule has 0 unspecified atom stereocenters. The lowest BCUT2D eigenvalue weighted by atomic mass is 10.1. The molecule has 0 spiro atoms. The molecule has 3 rings (SSSR count). The smallest absolute Gasteiger partial charge is 0.150 e. The predicted molar refractivity (Wildman–Crippen MR) is 84.0 cm³/mol. The van der Waals surface area contributed by atoms with Crippen molar-refractivity contribution in [2.75, 3.05) is 0 Å². The molecule has 0 saturated carbocycles. The molecule has 0 atom stereocenters. The molecule has 0 aliphatic rings. The molecule has 1 aromatic heterocycles. The number of hydrogen-bond donors (Lipinski definition) is 0. The van der Waals surface area contributed by atoms with Crippen molar-refractivity contribution < 1.29 is 19.1 Å². The van der Waals surface area contributed by atoms with Gasteiger partial charge in [0.15, 0.2) is 0 Å². The summed E-state index contributed by atoms with van der Waals surface area (Å²) in [5.41, 5.74) is 2.94. The standard InChI is InChI=1S/C19H16O4/c1-13-16(11-18(23-13)19(20)21)12-22-17-9-7-15(8-10-17)14-5-3-2-4-6-14/h2-11H,12H2,1H3,(H,20,21)/p-1. The van der Waals surface area contributed by atoms with Crippen LogP contribution in [0.1, 0.15) is 21.9 Å². The number of hydrogen-bond acceptors (Lipinski definition) is 4. The molecule has 0 bridgehead atoms. The molecule has 2 aromatic carbocycles. The fourth-order valence-electron chi connectivity index (χ4n) is 2.30. The minimum Gasteiger partial charge on any atom is -0.542 e. The van der Waals surface area contributed by atoms with E-state index in [9.17, 15) is 9.90 Å². The van der Waals surface area contributed by atoms with Gasteiger partial charge in [-0.05, 0) is 36.2 Å². The van der Waals surface area contributed by atoms with Gasteiger partial charge in [0, 0.05) is 5.56 Å². The maximum atomic E-state index is 10.8. The molecule has 0 N–H and O–H groups in total. The van der Waals surface area contributed by atoms with Gasteiger partial charge in [-0.25, -0.2) is 0 Å². The van der Waals surface area contributed by atoms with Gasteiger partial charge < -0.3 is 19.1 Å². The fraction of sp³-hybridized carbons (Fsp3) is 0.105. The van der Waals surface area contributed by atoms with Crippen LogP contribution in [-0.2, 0) is 6.61 Å². The third-order valence-corrected chi connectivity index (χ3v) is 3.58. The van der Waals surface area contributed by atoms with E-state index in [1.807, 2.05) is 54.6 Å². The van der Waals surface area contributed by atoms with Crippen molar-refractivity contribution in [1.29, 1.82) is 0 Å². The SMILES string of the molecule is Cc1oc(C(=O)[O-])cc1COc1ccc(-c2ccccc2)cc1. The number of rotatable bonds is 5. The lowest BCUT2D eigenvalue weighted by Crippen LogP contribution is -2.21. The Morgan fingerprint density at radius 1 is 1.04 bits per heavy atom. The van der Waals surface area contributed by atoms with E-state index in [-0.39, 0.29) is 12.4 Å². The van der Waals surface area contributed by atoms with Gasteiger partial charge in [-0.2, -0.15) is 0 Å². The summed E-state index contributed by atoms with van der Waals surface area (Å²) in [4.78, 5) is 10.8. The van der Waals surface area contributed by atoms with Gasteiger partial charge in [0.25, 0.3) is 0 Å². The average molecular weight is 307 g/mol. The first-order chi connectivity index (χ1) is 11.1. The molecular weight excluding hydrogens is 292 g/mol. The van der Waals surface area contributed by atoms with Crippen molar-refractivity contribution in [3.8, 4) is 16.9 Å². The average Bonchev–Trinajstić information content (AvgIpc) is 2.96. The van der Waals surface area contributed by atoms with Gasteiger partial charge in [-0.15, -0.1) is 0 Å². The Kier molecular flexibility index (Phi) is 4.15. The molecule has 116 valence electrons. The second-order valence-electron chi connectivity index (χ2n) is 5.16. The highest BCUT2D eigenvalue weighted by atomic mass is 16.5. The first kappa shape index (κ1) is 14.9. The largest absolute Gasteiger partial charge is 0.542 e. The number of furan rings is 1. The van der Waals surface area contributed by atoms with Gasteiger partial charge in [0.1, 0.15) is 29.8 Å². The van der Waals surface area contributed by atoms with Crippen molar-refractivity contribution in [3.63, 3.8) is 0 Å². The second-order valence-corrected chi connectivity index (χ2v) is 5.16. The van der Waals surface area contributed by atoms with E-state index < -0.39 is 5.97 Å². The zero-order valence-corrected chi connectivity index (χ0v) is 12.6. The lowest BCUT2D eigenvalue weighted by molar-refractivity contribution is -0.257. The highest BCUT2D eigenvalue weighted by Crippen LogP contribution is 2.23. The predicted octanol–water partition coefficient (Wildman–Crippen LogP) is 3.20. The van der Waals surface area contributed by atoms with Crippen LogP contribution in [0.4, 0.5) is 0 Å². The zero-order valence-electron chi connectivity index (χ0n) is 12.6. The minimum absolute atomic E-state index is 0.180. The summed E-state index contributed by atoms with van der Waals surface area (Å²) in [5.74, 6) is -0.280. The van der Waals surface area contributed by atoms with Crippen molar-refractivity contribution in [1.82, 2.24) is 0 Å². The number of aromatic carboxylic acids is 1. The van der Waals surface area contributed by atoms with Crippen LogP contribution in [0.15, 0.2) is 65.1 Å². The third kappa shape index (κ3) is 3.43. The summed E-state index contributed by atoms with van der Waals surface area (Å²) in [6.07, 6.45) is 0. The maximum Gasteiger partial charge on any atom is 0.150 e. The first-order valence-corrected chi connectivity index (χ1v) is 7.22. The summed E-state index contributed by atoms with van der Waals surface area (Å²) < 4.78 is 10.8. The molecule has 0 radical (unpaired) electrons. The number of ether oxygens (including phenoxy) is 1. The van der Waals surface area contributed by atoms with Crippen molar-refractivity contribution in [2.24, 2.45) is 0 Å². The van der Waals surface area contributed by atoms with E-state index in [1.165, 1.54) is 6.07 Å². The number of carbonyl (C=O) groups is 1. The van der Waals surface area contributed by atoms with E-state index in [1.54, 1.807) is 6.92 Å². The van der Waals surface area contributed by atoms with Crippen molar-refractivity contribution in [2.45, 2.75) is 13.5 Å². The number of aryl methyl sites for hydroxylation is 1. The summed E-state index contributed by atoms with van der Waals surface area (Å²) in [6, 6.07) is 19.2. The van der Waals surface area contributed by atoms with Crippen LogP contribution in [0.5, 0.6) is 5.75 Å². The van der Waals surface area contributed by atoms with Crippen LogP contribution in [0.2, 0.25) is 0 Å². The molecule has 0 fully saturated rings. The first-order valence-electron chi connectivity index (χ1n) is 7.22. The third-order valence-electron chi connectivity index (χ3n) is 3.58. The highest BCUT2D eigenvalue weighted by Gasteiger charge is 2.09. The van der Waals surface area contributed by atoms with Crippen LogP contribution in [-0.4, -0.2) is 5.97 Å². The Balaban J connectivity index is 1.68. The van der Waals surface area contributed by atoms with E-state index in [4.69, 9.17) is 9.15 Å². The van der Waals surface area contributed by atoms with Gasteiger partial charge in [-0.1, -0.05) is 42.5 Å². The monoisotopic (exact) mass is 307 g/mol. The van der Waals surface area contributed by atoms with Gasteiger partial charge in [0.05, 0.1) is 0 Å². The Labute approximate surface area is 134 Å². The molecule has 0 aliphatic carbocycles. The molecule has 1 heterocycles. The molecule has 4 heteroatoms. The van der Waals surface area contributed by atoms with Crippen molar-refractivity contribution in [3.05, 3.63) is 77.7 Å². The van der Waals surface area contributed by atoms with E-state index in [0.29, 0.717) is 17.1 Å². The fourth-order valence-corrected chi connectivity index (χ4v) is 2.30. The molecule has 0 aliphatic heterocycles. The van der Waals surface area contributed by atoms with Crippen LogP contribution >= 0.6 is 0 Å². The van der Waals surface area contributed by atoms with Crippen LogP contribution in [0.25, 0.3) is 11.1 Å². The Bertz CT molecular complexity index is 801.